The highest BCUT2D eigenvalue weighted by Gasteiger charge is 2.08. The summed E-state index contributed by atoms with van der Waals surface area (Å²) in [6.07, 6.45) is 4.78. The molecule has 4 rings (SSSR count). The Hall–Kier alpha value is -4.19. The highest BCUT2D eigenvalue weighted by atomic mass is 16.5. The number of nitrogens with one attached hydrogen (secondary N) is 2. The molecule has 2 aromatic heterocycles. The van der Waals surface area contributed by atoms with Gasteiger partial charge in [-0.1, -0.05) is 30.3 Å². The van der Waals surface area contributed by atoms with Gasteiger partial charge in [-0.05, 0) is 48.5 Å². The lowest BCUT2D eigenvalue weighted by Gasteiger charge is -2.13. The maximum absolute atomic E-state index is 12.2. The Morgan fingerprint density at radius 1 is 0.828 bits per heavy atom. The normalized spacial score (nSPS) is 10.2. The minimum atomic E-state index is -0.257. The first kappa shape index (κ1) is 18.2. The molecule has 0 bridgehead atoms. The molecule has 0 spiro atoms. The summed E-state index contributed by atoms with van der Waals surface area (Å²) in [5.74, 6) is 1.66. The van der Waals surface area contributed by atoms with E-state index in [0.717, 1.165) is 17.1 Å². The van der Waals surface area contributed by atoms with Crippen LogP contribution in [0.3, 0.4) is 0 Å². The van der Waals surface area contributed by atoms with E-state index in [0.29, 0.717) is 17.1 Å². The summed E-state index contributed by atoms with van der Waals surface area (Å²) in [5, 5.41) is 6.05. The van der Waals surface area contributed by atoms with Crippen molar-refractivity contribution in [1.82, 2.24) is 9.97 Å². The van der Waals surface area contributed by atoms with Crippen LogP contribution >= 0.6 is 0 Å². The number of carbonyl (C=O) groups excluding carboxylic acids is 1. The van der Waals surface area contributed by atoms with Gasteiger partial charge >= 0.3 is 0 Å². The van der Waals surface area contributed by atoms with Gasteiger partial charge in [0.15, 0.2) is 5.75 Å². The van der Waals surface area contributed by atoms with Crippen molar-refractivity contribution in [2.24, 2.45) is 0 Å². The summed E-state index contributed by atoms with van der Waals surface area (Å²) in [5.41, 5.74) is 2.06. The predicted octanol–water partition coefficient (Wildman–Crippen LogP) is 5.26. The molecule has 0 saturated carbocycles. The Morgan fingerprint density at radius 2 is 1.66 bits per heavy atom. The van der Waals surface area contributed by atoms with Crippen LogP contribution < -0.4 is 15.4 Å². The van der Waals surface area contributed by atoms with Crippen molar-refractivity contribution in [3.63, 3.8) is 0 Å². The molecule has 0 aliphatic rings. The van der Waals surface area contributed by atoms with Crippen LogP contribution in [-0.4, -0.2) is 15.9 Å². The lowest BCUT2D eigenvalue weighted by atomic mass is 10.2. The monoisotopic (exact) mass is 382 g/mol. The molecule has 0 fully saturated rings. The van der Waals surface area contributed by atoms with E-state index >= 15 is 0 Å². The van der Waals surface area contributed by atoms with E-state index in [4.69, 9.17) is 4.74 Å². The Balaban J connectivity index is 1.45. The number of anilines is 3. The predicted molar refractivity (Wildman–Crippen MR) is 113 cm³/mol. The van der Waals surface area contributed by atoms with Crippen molar-refractivity contribution >= 4 is 23.1 Å². The van der Waals surface area contributed by atoms with Crippen LogP contribution in [0.5, 0.6) is 11.5 Å². The molecule has 1 amide bonds. The maximum atomic E-state index is 12.2. The zero-order valence-electron chi connectivity index (χ0n) is 15.4. The van der Waals surface area contributed by atoms with Gasteiger partial charge in [0.1, 0.15) is 11.6 Å². The Labute approximate surface area is 168 Å². The number of amides is 1. The number of carbonyl (C=O) groups is 1. The van der Waals surface area contributed by atoms with E-state index in [1.165, 1.54) is 6.20 Å². The number of hydrogen-bond donors (Lipinski definition) is 2. The van der Waals surface area contributed by atoms with Crippen LogP contribution in [0.1, 0.15) is 10.4 Å². The summed E-state index contributed by atoms with van der Waals surface area (Å²) in [6.45, 7) is 0. The van der Waals surface area contributed by atoms with Crippen LogP contribution in [-0.2, 0) is 0 Å². The van der Waals surface area contributed by atoms with Crippen molar-refractivity contribution in [3.8, 4) is 11.5 Å². The standard InChI is InChI=1S/C23H18N4O2/c28-23(17-7-6-14-24-15-17)27-22-13-12-18(16-25-22)26-20-10-4-5-11-21(20)29-19-8-2-1-3-9-19/h1-16,26H,(H,25,27,28). The van der Waals surface area contributed by atoms with Crippen molar-refractivity contribution in [2.45, 2.75) is 0 Å². The number of hydrogen-bond acceptors (Lipinski definition) is 5. The van der Waals surface area contributed by atoms with Crippen LogP contribution in [0, 0.1) is 0 Å². The fraction of sp³-hybridized carbons (Fsp3) is 0. The van der Waals surface area contributed by atoms with Crippen LogP contribution in [0.2, 0.25) is 0 Å². The number of benzene rings is 2. The van der Waals surface area contributed by atoms with Crippen LogP contribution in [0.15, 0.2) is 97.5 Å². The quantitative estimate of drug-likeness (QED) is 0.475. The zero-order chi connectivity index (χ0) is 19.9. The minimum absolute atomic E-state index is 0.257. The number of rotatable bonds is 6. The smallest absolute Gasteiger partial charge is 0.258 e. The first-order chi connectivity index (χ1) is 14.3. The summed E-state index contributed by atoms with van der Waals surface area (Å²) in [7, 11) is 0. The van der Waals surface area contributed by atoms with Crippen molar-refractivity contribution in [2.75, 3.05) is 10.6 Å². The van der Waals surface area contributed by atoms with E-state index in [1.54, 1.807) is 30.6 Å². The van der Waals surface area contributed by atoms with E-state index in [1.807, 2.05) is 60.7 Å². The van der Waals surface area contributed by atoms with E-state index < -0.39 is 0 Å². The Kier molecular flexibility index (Phi) is 5.43. The van der Waals surface area contributed by atoms with Gasteiger partial charge in [-0.3, -0.25) is 9.78 Å². The highest BCUT2D eigenvalue weighted by molar-refractivity contribution is 6.03. The summed E-state index contributed by atoms with van der Waals surface area (Å²) in [4.78, 5) is 20.4. The zero-order valence-corrected chi connectivity index (χ0v) is 15.4. The van der Waals surface area contributed by atoms with Crippen LogP contribution in [0.25, 0.3) is 0 Å². The SMILES string of the molecule is O=C(Nc1ccc(Nc2ccccc2Oc2ccccc2)cn1)c1cccnc1. The highest BCUT2D eigenvalue weighted by Crippen LogP contribution is 2.31. The number of nitrogens with zero attached hydrogens (tertiary/aromatic N) is 2. The van der Waals surface area contributed by atoms with Gasteiger partial charge in [0, 0.05) is 12.4 Å². The molecular formula is C23H18N4O2. The number of aromatic nitrogens is 2. The maximum Gasteiger partial charge on any atom is 0.258 e. The molecule has 2 aromatic carbocycles. The van der Waals surface area contributed by atoms with E-state index in [9.17, 15) is 4.79 Å². The summed E-state index contributed by atoms with van der Waals surface area (Å²) < 4.78 is 5.96. The molecule has 0 atom stereocenters. The third-order valence-electron chi connectivity index (χ3n) is 4.07. The van der Waals surface area contributed by atoms with Gasteiger partial charge in [0.05, 0.1) is 23.1 Å². The van der Waals surface area contributed by atoms with Gasteiger partial charge < -0.3 is 15.4 Å². The fourth-order valence-corrected chi connectivity index (χ4v) is 2.66. The van der Waals surface area contributed by atoms with Crippen molar-refractivity contribution < 1.29 is 9.53 Å². The second-order valence-corrected chi connectivity index (χ2v) is 6.16. The molecule has 0 unspecified atom stereocenters. The van der Waals surface area contributed by atoms with E-state index in [-0.39, 0.29) is 5.91 Å². The number of para-hydroxylation sites is 3. The molecular weight excluding hydrogens is 364 g/mol. The molecule has 0 saturated heterocycles. The molecule has 6 heteroatoms. The van der Waals surface area contributed by atoms with Crippen molar-refractivity contribution in [1.29, 1.82) is 0 Å². The minimum Gasteiger partial charge on any atom is -0.455 e. The lowest BCUT2D eigenvalue weighted by Crippen LogP contribution is -2.13. The molecule has 6 nitrogen and oxygen atoms in total. The molecule has 29 heavy (non-hydrogen) atoms. The Bertz CT molecular complexity index is 1080. The van der Waals surface area contributed by atoms with Gasteiger partial charge in [-0.25, -0.2) is 4.98 Å². The van der Waals surface area contributed by atoms with Crippen molar-refractivity contribution in [3.05, 3.63) is 103 Å². The second kappa shape index (κ2) is 8.67. The lowest BCUT2D eigenvalue weighted by molar-refractivity contribution is 0.102. The van der Waals surface area contributed by atoms with Gasteiger partial charge in [0.2, 0.25) is 0 Å². The average molecular weight is 382 g/mol. The van der Waals surface area contributed by atoms with Gasteiger partial charge in [-0.2, -0.15) is 0 Å². The molecule has 0 aliphatic heterocycles. The number of pyridine rings is 2. The van der Waals surface area contributed by atoms with Crippen LogP contribution in [0.4, 0.5) is 17.2 Å². The van der Waals surface area contributed by atoms with Gasteiger partial charge in [-0.15, -0.1) is 0 Å². The summed E-state index contributed by atoms with van der Waals surface area (Å²) in [6, 6.07) is 24.2. The number of ether oxygens (including phenoxy) is 1. The Morgan fingerprint density at radius 3 is 2.41 bits per heavy atom. The largest absolute Gasteiger partial charge is 0.455 e. The third kappa shape index (κ3) is 4.75. The first-order valence-electron chi connectivity index (χ1n) is 9.04. The second-order valence-electron chi connectivity index (χ2n) is 6.16. The van der Waals surface area contributed by atoms with E-state index in [2.05, 4.69) is 20.6 Å². The molecule has 0 aliphatic carbocycles. The molecule has 2 heterocycles. The van der Waals surface area contributed by atoms with Gasteiger partial charge in [0.25, 0.3) is 5.91 Å². The fourth-order valence-electron chi connectivity index (χ4n) is 2.66. The third-order valence-corrected chi connectivity index (χ3v) is 4.07. The molecule has 0 radical (unpaired) electrons. The molecule has 142 valence electrons. The first-order valence-corrected chi connectivity index (χ1v) is 9.04. The topological polar surface area (TPSA) is 76.1 Å². The average Bonchev–Trinajstić information content (AvgIpc) is 2.78. The molecule has 2 N–H and O–H groups in total. The summed E-state index contributed by atoms with van der Waals surface area (Å²) >= 11 is 0. The molecule has 4 aromatic rings.